The van der Waals surface area contributed by atoms with Crippen molar-refractivity contribution in [1.29, 1.82) is 0 Å². The predicted molar refractivity (Wildman–Crippen MR) is 109 cm³/mol. The lowest BCUT2D eigenvalue weighted by Gasteiger charge is -2.59. The van der Waals surface area contributed by atoms with E-state index in [9.17, 15) is 14.4 Å². The lowest BCUT2D eigenvalue weighted by Crippen LogP contribution is -2.68. The van der Waals surface area contributed by atoms with Gasteiger partial charge in [0.05, 0.1) is 0 Å². The molecule has 1 rings (SSSR count). The van der Waals surface area contributed by atoms with Crippen molar-refractivity contribution in [3.05, 3.63) is 24.9 Å². The summed E-state index contributed by atoms with van der Waals surface area (Å²) < 4.78 is 5.63. The van der Waals surface area contributed by atoms with Gasteiger partial charge in [0.1, 0.15) is 11.8 Å². The number of carbonyl (C=O) groups excluding carboxylic acids is 2. The van der Waals surface area contributed by atoms with Gasteiger partial charge in [-0.25, -0.2) is 9.59 Å². The standard InChI is InChI=1S/C21H34N2O6/c1-9-17(24)28-16-12-20(7,10-2)23(21(8,11-3)13(16)4)29-15(6)18(25)22-14(5)19(26)27/h9,13,15-16H,1,5,10-12H2,2-4,6-8H3,(H,22,25)(H,26,27). The molecule has 1 heterocycles. The summed E-state index contributed by atoms with van der Waals surface area (Å²) >= 11 is 0. The van der Waals surface area contributed by atoms with E-state index in [1.54, 1.807) is 6.92 Å². The van der Waals surface area contributed by atoms with Gasteiger partial charge in [0.15, 0.2) is 6.10 Å². The van der Waals surface area contributed by atoms with Gasteiger partial charge in [0.2, 0.25) is 0 Å². The van der Waals surface area contributed by atoms with Gasteiger partial charge in [-0.2, -0.15) is 5.06 Å². The van der Waals surface area contributed by atoms with Crippen LogP contribution in [0, 0.1) is 5.92 Å². The molecule has 8 nitrogen and oxygen atoms in total. The Balaban J connectivity index is 3.17. The smallest absolute Gasteiger partial charge is 0.351 e. The van der Waals surface area contributed by atoms with Crippen LogP contribution in [0.2, 0.25) is 0 Å². The molecule has 2 N–H and O–H groups in total. The number of amides is 1. The van der Waals surface area contributed by atoms with Crippen molar-refractivity contribution in [2.24, 2.45) is 5.92 Å². The normalized spacial score (nSPS) is 30.8. The fourth-order valence-electron chi connectivity index (χ4n) is 3.75. The predicted octanol–water partition coefficient (Wildman–Crippen LogP) is 2.80. The van der Waals surface area contributed by atoms with Crippen molar-refractivity contribution >= 4 is 17.8 Å². The minimum absolute atomic E-state index is 0.0831. The van der Waals surface area contributed by atoms with Gasteiger partial charge < -0.3 is 15.2 Å². The molecular formula is C21H34N2O6. The van der Waals surface area contributed by atoms with Crippen molar-refractivity contribution in [1.82, 2.24) is 10.4 Å². The van der Waals surface area contributed by atoms with Gasteiger partial charge in [0, 0.05) is 29.5 Å². The molecule has 8 heteroatoms. The zero-order valence-electron chi connectivity index (χ0n) is 18.3. The monoisotopic (exact) mass is 410 g/mol. The Morgan fingerprint density at radius 2 is 1.90 bits per heavy atom. The maximum atomic E-state index is 12.4. The van der Waals surface area contributed by atoms with Gasteiger partial charge in [-0.1, -0.05) is 33.9 Å². The Kier molecular flexibility index (Phi) is 8.17. The number of nitrogens with zero attached hydrogens (tertiary/aromatic N) is 1. The molecule has 29 heavy (non-hydrogen) atoms. The Morgan fingerprint density at radius 1 is 1.31 bits per heavy atom. The van der Waals surface area contributed by atoms with E-state index in [4.69, 9.17) is 14.7 Å². The van der Waals surface area contributed by atoms with E-state index in [0.717, 1.165) is 6.08 Å². The molecule has 5 atom stereocenters. The Hall–Kier alpha value is -2.19. The van der Waals surface area contributed by atoms with Gasteiger partial charge >= 0.3 is 11.9 Å². The number of rotatable bonds is 9. The summed E-state index contributed by atoms with van der Waals surface area (Å²) in [5.41, 5.74) is -1.46. The molecule has 164 valence electrons. The van der Waals surface area contributed by atoms with E-state index < -0.39 is 40.7 Å². The summed E-state index contributed by atoms with van der Waals surface area (Å²) in [7, 11) is 0. The largest absolute Gasteiger partial charge is 0.477 e. The molecule has 0 radical (unpaired) electrons. The number of hydrogen-bond acceptors (Lipinski definition) is 6. The van der Waals surface area contributed by atoms with E-state index >= 15 is 0 Å². The highest BCUT2D eigenvalue weighted by atomic mass is 16.7. The molecular weight excluding hydrogens is 376 g/mol. The van der Waals surface area contributed by atoms with Crippen LogP contribution in [-0.2, 0) is 24.0 Å². The maximum absolute atomic E-state index is 12.4. The van der Waals surface area contributed by atoms with E-state index in [0.29, 0.717) is 19.3 Å². The van der Waals surface area contributed by atoms with E-state index in [1.165, 1.54) is 0 Å². The summed E-state index contributed by atoms with van der Waals surface area (Å²) in [4.78, 5) is 41.3. The highest BCUT2D eigenvalue weighted by Gasteiger charge is 2.55. The van der Waals surface area contributed by atoms with E-state index in [1.807, 2.05) is 39.7 Å². The zero-order valence-corrected chi connectivity index (χ0v) is 18.3. The number of piperidine rings is 1. The number of nitrogens with one attached hydrogen (secondary N) is 1. The number of carboxylic acid groups (broad SMARTS) is 1. The van der Waals surface area contributed by atoms with Crippen molar-refractivity contribution in [3.63, 3.8) is 0 Å². The first kappa shape index (κ1) is 24.8. The second kappa shape index (κ2) is 9.54. The highest BCUT2D eigenvalue weighted by Crippen LogP contribution is 2.47. The van der Waals surface area contributed by atoms with Crippen LogP contribution in [0.25, 0.3) is 0 Å². The summed E-state index contributed by atoms with van der Waals surface area (Å²) in [5, 5.41) is 13.0. The highest BCUT2D eigenvalue weighted by molar-refractivity contribution is 5.93. The van der Waals surface area contributed by atoms with Gasteiger partial charge in [0.25, 0.3) is 5.91 Å². The van der Waals surface area contributed by atoms with Gasteiger partial charge in [-0.3, -0.25) is 9.63 Å². The number of aliphatic carboxylic acids is 1. The van der Waals surface area contributed by atoms with Crippen molar-refractivity contribution in [3.8, 4) is 0 Å². The average molecular weight is 411 g/mol. The number of hydroxylamine groups is 2. The fourth-order valence-corrected chi connectivity index (χ4v) is 3.75. The first-order valence-electron chi connectivity index (χ1n) is 9.89. The molecule has 1 amide bonds. The van der Waals surface area contributed by atoms with Crippen molar-refractivity contribution in [2.75, 3.05) is 0 Å². The third-order valence-corrected chi connectivity index (χ3v) is 6.21. The minimum Gasteiger partial charge on any atom is -0.477 e. The van der Waals surface area contributed by atoms with Crippen LogP contribution >= 0.6 is 0 Å². The summed E-state index contributed by atoms with van der Waals surface area (Å²) in [6.45, 7) is 18.4. The van der Waals surface area contributed by atoms with Crippen molar-refractivity contribution in [2.45, 2.75) is 84.1 Å². The molecule has 0 bridgehead atoms. The van der Waals surface area contributed by atoms with Crippen LogP contribution in [0.5, 0.6) is 0 Å². The van der Waals surface area contributed by atoms with Gasteiger partial charge in [-0.15, -0.1) is 0 Å². The molecule has 1 aliphatic heterocycles. The number of carboxylic acids is 1. The molecule has 0 aliphatic carbocycles. The molecule has 0 aromatic heterocycles. The SMILES string of the molecule is C=CC(=O)OC1CC(C)(CC)N(OC(C)C(=O)NC(=C)C(=O)O)C(C)(CC)C1C. The summed E-state index contributed by atoms with van der Waals surface area (Å²) in [5.74, 6) is -2.45. The van der Waals surface area contributed by atoms with Crippen molar-refractivity contribution < 1.29 is 29.1 Å². The molecule has 1 aliphatic rings. The van der Waals surface area contributed by atoms with Crippen LogP contribution < -0.4 is 5.32 Å². The number of hydrogen-bond donors (Lipinski definition) is 2. The first-order chi connectivity index (χ1) is 13.4. The average Bonchev–Trinajstić information content (AvgIpc) is 2.68. The molecule has 1 fully saturated rings. The molecule has 1 saturated heterocycles. The molecule has 5 unspecified atom stereocenters. The zero-order chi connectivity index (χ0) is 22.6. The molecule has 0 spiro atoms. The molecule has 0 aromatic rings. The Morgan fingerprint density at radius 3 is 2.34 bits per heavy atom. The molecule has 0 saturated carbocycles. The van der Waals surface area contributed by atoms with Crippen LogP contribution in [-0.4, -0.2) is 51.3 Å². The third kappa shape index (κ3) is 5.25. The minimum atomic E-state index is -1.30. The number of esters is 1. The number of ether oxygens (including phenoxy) is 1. The summed E-state index contributed by atoms with van der Waals surface area (Å²) in [6.07, 6.45) is 1.78. The topological polar surface area (TPSA) is 105 Å². The van der Waals surface area contributed by atoms with E-state index in [-0.39, 0.29) is 12.0 Å². The molecule has 0 aromatic carbocycles. The third-order valence-electron chi connectivity index (χ3n) is 6.21. The second-order valence-electron chi connectivity index (χ2n) is 8.05. The Labute approximate surface area is 172 Å². The second-order valence-corrected chi connectivity index (χ2v) is 8.05. The van der Waals surface area contributed by atoms with Gasteiger partial charge in [-0.05, 0) is 33.6 Å². The first-order valence-corrected chi connectivity index (χ1v) is 9.89. The lowest BCUT2D eigenvalue weighted by molar-refractivity contribution is -0.329. The summed E-state index contributed by atoms with van der Waals surface area (Å²) in [6, 6.07) is 0. The van der Waals surface area contributed by atoms with E-state index in [2.05, 4.69) is 18.5 Å². The van der Waals surface area contributed by atoms with Crippen LogP contribution in [0.4, 0.5) is 0 Å². The Bertz CT molecular complexity index is 678. The lowest BCUT2D eigenvalue weighted by atomic mass is 9.69. The fraction of sp³-hybridized carbons (Fsp3) is 0.667. The van der Waals surface area contributed by atoms with Crippen LogP contribution in [0.3, 0.4) is 0 Å². The quantitative estimate of drug-likeness (QED) is 0.445. The maximum Gasteiger partial charge on any atom is 0.351 e. The van der Waals surface area contributed by atoms with Crippen LogP contribution in [0.1, 0.15) is 60.8 Å². The number of carbonyl (C=O) groups is 3. The van der Waals surface area contributed by atoms with Crippen LogP contribution in [0.15, 0.2) is 24.9 Å².